The molecule has 0 atom stereocenters. The number of benzene rings is 2. The molecule has 0 unspecified atom stereocenters. The highest BCUT2D eigenvalue weighted by molar-refractivity contribution is 6.06. The summed E-state index contributed by atoms with van der Waals surface area (Å²) in [5.41, 5.74) is 24.2. The first-order valence-electron chi connectivity index (χ1n) is 12.9. The Morgan fingerprint density at radius 2 is 0.949 bits per heavy atom. The van der Waals surface area contributed by atoms with E-state index in [1.165, 1.54) is 0 Å². The Morgan fingerprint density at radius 1 is 0.590 bits per heavy atom. The average molecular weight is 535 g/mol. The van der Waals surface area contributed by atoms with Crippen molar-refractivity contribution in [3.63, 3.8) is 0 Å². The largest absolute Gasteiger partial charge is 0.494 e. The molecule has 8 N–H and O–H groups in total. The SMILES string of the molecule is CC1(C)N=C(N)N=C(N)N1c1ccc(OCCCCCOc2ccc(N3C(N)=NC(N)=NC3(C)C)cc2)cc1. The Hall–Kier alpha value is -4.48. The summed E-state index contributed by atoms with van der Waals surface area (Å²) < 4.78 is 11.8. The van der Waals surface area contributed by atoms with Gasteiger partial charge in [0.1, 0.15) is 22.8 Å². The van der Waals surface area contributed by atoms with Crippen LogP contribution in [-0.4, -0.2) is 48.4 Å². The number of ether oxygens (including phenoxy) is 2. The van der Waals surface area contributed by atoms with E-state index in [0.717, 1.165) is 42.1 Å². The van der Waals surface area contributed by atoms with Gasteiger partial charge in [-0.25, -0.2) is 9.98 Å². The van der Waals surface area contributed by atoms with Crippen LogP contribution >= 0.6 is 0 Å². The zero-order valence-electron chi connectivity index (χ0n) is 23.0. The molecule has 39 heavy (non-hydrogen) atoms. The van der Waals surface area contributed by atoms with Crippen molar-refractivity contribution in [3.05, 3.63) is 48.5 Å². The van der Waals surface area contributed by atoms with Crippen LogP contribution in [0.4, 0.5) is 11.4 Å². The number of rotatable bonds is 10. The van der Waals surface area contributed by atoms with Crippen molar-refractivity contribution in [3.8, 4) is 11.5 Å². The first-order chi connectivity index (χ1) is 18.5. The van der Waals surface area contributed by atoms with Crippen LogP contribution < -0.4 is 42.2 Å². The number of hydrogen-bond acceptors (Lipinski definition) is 12. The first kappa shape index (κ1) is 27.6. The molecular weight excluding hydrogens is 496 g/mol. The minimum Gasteiger partial charge on any atom is -0.494 e. The molecule has 0 spiro atoms. The molecule has 208 valence electrons. The Morgan fingerprint density at radius 3 is 1.28 bits per heavy atom. The van der Waals surface area contributed by atoms with Gasteiger partial charge in [-0.3, -0.25) is 9.80 Å². The number of nitrogens with zero attached hydrogens (tertiary/aromatic N) is 6. The van der Waals surface area contributed by atoms with Gasteiger partial charge < -0.3 is 32.4 Å². The third-order valence-electron chi connectivity index (χ3n) is 6.30. The molecule has 2 aromatic rings. The van der Waals surface area contributed by atoms with Gasteiger partial charge in [-0.2, -0.15) is 9.98 Å². The Kier molecular flexibility index (Phi) is 7.84. The van der Waals surface area contributed by atoms with Crippen molar-refractivity contribution in [2.75, 3.05) is 23.0 Å². The molecule has 0 aliphatic carbocycles. The van der Waals surface area contributed by atoms with Crippen molar-refractivity contribution in [2.45, 2.75) is 58.3 Å². The standard InChI is InChI=1S/C27H38N10O2/c1-26(2)34-22(28)32-24(30)36(26)18-8-12-20(13-9-18)38-16-6-5-7-17-39-21-14-10-19(11-15-21)37-25(31)33-23(29)35-27(37,3)4/h8-15H,5-7,16-17H2,1-4H3,(H4,28,30,32,34)(H4,29,31,33,35). The maximum Gasteiger partial charge on any atom is 0.220 e. The predicted molar refractivity (Wildman–Crippen MR) is 157 cm³/mol. The predicted octanol–water partition coefficient (Wildman–Crippen LogP) is 2.69. The van der Waals surface area contributed by atoms with Crippen molar-refractivity contribution >= 4 is 35.2 Å². The van der Waals surface area contributed by atoms with Gasteiger partial charge in [0.15, 0.2) is 0 Å². The molecule has 2 aliphatic rings. The van der Waals surface area contributed by atoms with Crippen LogP contribution in [0, 0.1) is 0 Å². The molecule has 0 bridgehead atoms. The van der Waals surface area contributed by atoms with Gasteiger partial charge >= 0.3 is 0 Å². The molecule has 0 amide bonds. The normalized spacial score (nSPS) is 18.1. The summed E-state index contributed by atoms with van der Waals surface area (Å²) in [5, 5.41) is 0. The lowest BCUT2D eigenvalue weighted by Crippen LogP contribution is -2.54. The average Bonchev–Trinajstić information content (AvgIpc) is 2.83. The van der Waals surface area contributed by atoms with Crippen molar-refractivity contribution < 1.29 is 9.47 Å². The van der Waals surface area contributed by atoms with Crippen LogP contribution in [0.15, 0.2) is 68.5 Å². The molecule has 0 saturated carbocycles. The van der Waals surface area contributed by atoms with Crippen LogP contribution in [-0.2, 0) is 0 Å². The number of unbranched alkanes of at least 4 members (excludes halogenated alkanes) is 2. The minimum atomic E-state index is -0.625. The van der Waals surface area contributed by atoms with E-state index < -0.39 is 11.3 Å². The maximum absolute atomic E-state index is 6.10. The van der Waals surface area contributed by atoms with Crippen molar-refractivity contribution in [2.24, 2.45) is 42.9 Å². The van der Waals surface area contributed by atoms with E-state index in [4.69, 9.17) is 32.4 Å². The zero-order valence-corrected chi connectivity index (χ0v) is 23.0. The highest BCUT2D eigenvalue weighted by Gasteiger charge is 2.34. The molecule has 2 aliphatic heterocycles. The topological polar surface area (TPSA) is 178 Å². The van der Waals surface area contributed by atoms with E-state index in [2.05, 4.69) is 20.0 Å². The maximum atomic E-state index is 6.10. The molecule has 4 rings (SSSR count). The fourth-order valence-electron chi connectivity index (χ4n) is 4.65. The van der Waals surface area contributed by atoms with Gasteiger partial charge in [0.2, 0.25) is 23.8 Å². The smallest absolute Gasteiger partial charge is 0.220 e. The molecule has 12 nitrogen and oxygen atoms in total. The Balaban J connectivity index is 1.17. The summed E-state index contributed by atoms with van der Waals surface area (Å²) in [6, 6.07) is 15.4. The molecule has 0 radical (unpaired) electrons. The lowest BCUT2D eigenvalue weighted by atomic mass is 10.1. The lowest BCUT2D eigenvalue weighted by Gasteiger charge is -2.38. The molecule has 2 heterocycles. The van der Waals surface area contributed by atoms with E-state index in [1.54, 1.807) is 0 Å². The van der Waals surface area contributed by atoms with Gasteiger partial charge in [-0.05, 0) is 95.5 Å². The second-order valence-corrected chi connectivity index (χ2v) is 10.3. The second kappa shape index (κ2) is 11.1. The monoisotopic (exact) mass is 534 g/mol. The van der Waals surface area contributed by atoms with Crippen molar-refractivity contribution in [1.29, 1.82) is 0 Å². The number of hydrogen-bond donors (Lipinski definition) is 4. The van der Waals surface area contributed by atoms with Gasteiger partial charge in [-0.1, -0.05) is 0 Å². The lowest BCUT2D eigenvalue weighted by molar-refractivity contribution is 0.279. The van der Waals surface area contributed by atoms with Crippen LogP contribution in [0.1, 0.15) is 47.0 Å². The zero-order chi connectivity index (χ0) is 28.2. The number of anilines is 2. The van der Waals surface area contributed by atoms with Crippen LogP contribution in [0.5, 0.6) is 11.5 Å². The highest BCUT2D eigenvalue weighted by Crippen LogP contribution is 2.30. The second-order valence-electron chi connectivity index (χ2n) is 10.3. The Bertz CT molecular complexity index is 1180. The molecule has 2 aromatic carbocycles. The van der Waals surface area contributed by atoms with Crippen LogP contribution in [0.25, 0.3) is 0 Å². The summed E-state index contributed by atoms with van der Waals surface area (Å²) in [4.78, 5) is 20.6. The number of guanidine groups is 4. The Labute approximate surface area is 229 Å². The summed E-state index contributed by atoms with van der Waals surface area (Å²) in [6.07, 6.45) is 2.82. The summed E-state index contributed by atoms with van der Waals surface area (Å²) in [7, 11) is 0. The van der Waals surface area contributed by atoms with Crippen LogP contribution in [0.2, 0.25) is 0 Å². The highest BCUT2D eigenvalue weighted by atomic mass is 16.5. The van der Waals surface area contributed by atoms with E-state index in [9.17, 15) is 0 Å². The van der Waals surface area contributed by atoms with Gasteiger partial charge in [0.05, 0.1) is 13.2 Å². The first-order valence-corrected chi connectivity index (χ1v) is 12.9. The molecular formula is C27H38N10O2. The third kappa shape index (κ3) is 6.51. The summed E-state index contributed by atoms with van der Waals surface area (Å²) in [5.74, 6) is 2.56. The van der Waals surface area contributed by atoms with Gasteiger partial charge in [-0.15, -0.1) is 0 Å². The fourth-order valence-corrected chi connectivity index (χ4v) is 4.65. The van der Waals surface area contributed by atoms with Gasteiger partial charge in [0, 0.05) is 11.4 Å². The third-order valence-corrected chi connectivity index (χ3v) is 6.30. The quantitative estimate of drug-likeness (QED) is 0.336. The summed E-state index contributed by atoms with van der Waals surface area (Å²) >= 11 is 0. The molecule has 0 saturated heterocycles. The van der Waals surface area contributed by atoms with E-state index >= 15 is 0 Å². The number of nitrogens with two attached hydrogens (primary N) is 4. The van der Waals surface area contributed by atoms with E-state index in [1.807, 2.05) is 86.0 Å². The van der Waals surface area contributed by atoms with Crippen LogP contribution in [0.3, 0.4) is 0 Å². The number of aliphatic imine (C=N–C) groups is 4. The molecule has 0 aromatic heterocycles. The van der Waals surface area contributed by atoms with Gasteiger partial charge in [0.25, 0.3) is 0 Å². The van der Waals surface area contributed by atoms with E-state index in [0.29, 0.717) is 25.1 Å². The van der Waals surface area contributed by atoms with E-state index in [-0.39, 0.29) is 11.9 Å². The molecule has 0 fully saturated rings. The molecule has 12 heteroatoms. The van der Waals surface area contributed by atoms with Crippen molar-refractivity contribution in [1.82, 2.24) is 0 Å². The summed E-state index contributed by atoms with van der Waals surface area (Å²) in [6.45, 7) is 8.96. The minimum absolute atomic E-state index is 0.178. The fraction of sp³-hybridized carbons (Fsp3) is 0.407.